The van der Waals surface area contributed by atoms with Gasteiger partial charge >= 0.3 is 0 Å². The van der Waals surface area contributed by atoms with Crippen LogP contribution in [0.3, 0.4) is 0 Å². The molecule has 0 radical (unpaired) electrons. The number of pyridine rings is 1. The molecule has 0 spiro atoms. The van der Waals surface area contributed by atoms with Gasteiger partial charge in [-0.2, -0.15) is 0 Å². The van der Waals surface area contributed by atoms with Crippen LogP contribution >= 0.6 is 0 Å². The molecule has 1 aromatic heterocycles. The molecule has 2 aromatic rings. The van der Waals surface area contributed by atoms with Gasteiger partial charge in [0, 0.05) is 24.0 Å². The standard InChI is InChI=1S/C15H14N2O2/c18-14(10-13-8-4-5-9-16-13)11-15(19)17-12-6-2-1-3-7-12/h1-9H,10-11H2,(H,17,19). The molecule has 4 heteroatoms. The van der Waals surface area contributed by atoms with E-state index in [2.05, 4.69) is 10.3 Å². The lowest BCUT2D eigenvalue weighted by molar-refractivity contribution is -0.125. The van der Waals surface area contributed by atoms with Gasteiger partial charge < -0.3 is 5.32 Å². The van der Waals surface area contributed by atoms with Gasteiger partial charge in [0.25, 0.3) is 0 Å². The average Bonchev–Trinajstić information content (AvgIpc) is 2.40. The van der Waals surface area contributed by atoms with Gasteiger partial charge in [-0.05, 0) is 24.3 Å². The molecule has 0 saturated carbocycles. The lowest BCUT2D eigenvalue weighted by atomic mass is 10.1. The van der Waals surface area contributed by atoms with Crippen molar-refractivity contribution in [3.05, 3.63) is 60.4 Å². The summed E-state index contributed by atoms with van der Waals surface area (Å²) in [6.07, 6.45) is 1.68. The summed E-state index contributed by atoms with van der Waals surface area (Å²) in [6.45, 7) is 0. The summed E-state index contributed by atoms with van der Waals surface area (Å²) in [5.41, 5.74) is 1.37. The summed E-state index contributed by atoms with van der Waals surface area (Å²) in [5, 5.41) is 2.68. The van der Waals surface area contributed by atoms with Crippen LogP contribution in [0.15, 0.2) is 54.7 Å². The Morgan fingerprint density at radius 3 is 2.42 bits per heavy atom. The predicted octanol–water partition coefficient (Wildman–Crippen LogP) is 2.22. The molecule has 0 atom stereocenters. The third-order valence-electron chi connectivity index (χ3n) is 2.52. The molecule has 19 heavy (non-hydrogen) atoms. The molecule has 0 aliphatic rings. The Morgan fingerprint density at radius 2 is 1.74 bits per heavy atom. The van der Waals surface area contributed by atoms with Crippen molar-refractivity contribution in [1.82, 2.24) is 4.98 Å². The van der Waals surface area contributed by atoms with Crippen molar-refractivity contribution in [2.75, 3.05) is 5.32 Å². The van der Waals surface area contributed by atoms with E-state index in [9.17, 15) is 9.59 Å². The van der Waals surface area contributed by atoms with Gasteiger partial charge in [-0.3, -0.25) is 14.6 Å². The number of anilines is 1. The van der Waals surface area contributed by atoms with E-state index in [1.165, 1.54) is 0 Å². The Hall–Kier alpha value is -2.49. The third-order valence-corrected chi connectivity index (χ3v) is 2.52. The van der Waals surface area contributed by atoms with Crippen LogP contribution in [0.1, 0.15) is 12.1 Å². The zero-order valence-corrected chi connectivity index (χ0v) is 10.4. The number of para-hydroxylation sites is 1. The Labute approximate surface area is 111 Å². The highest BCUT2D eigenvalue weighted by Crippen LogP contribution is 2.06. The van der Waals surface area contributed by atoms with E-state index >= 15 is 0 Å². The van der Waals surface area contributed by atoms with Gasteiger partial charge in [-0.1, -0.05) is 24.3 Å². The molecule has 0 saturated heterocycles. The van der Waals surface area contributed by atoms with Crippen LogP contribution in [-0.4, -0.2) is 16.7 Å². The van der Waals surface area contributed by atoms with Crippen molar-refractivity contribution >= 4 is 17.4 Å². The number of Topliss-reactive ketones (excluding diaryl/α,β-unsaturated/α-hetero) is 1. The fourth-order valence-electron chi connectivity index (χ4n) is 1.67. The molecule has 96 valence electrons. The maximum absolute atomic E-state index is 11.7. The van der Waals surface area contributed by atoms with Crippen molar-refractivity contribution in [2.45, 2.75) is 12.8 Å². The van der Waals surface area contributed by atoms with E-state index < -0.39 is 0 Å². The van der Waals surface area contributed by atoms with Crippen molar-refractivity contribution in [3.8, 4) is 0 Å². The summed E-state index contributed by atoms with van der Waals surface area (Å²) in [4.78, 5) is 27.4. The largest absolute Gasteiger partial charge is 0.326 e. The minimum absolute atomic E-state index is 0.133. The molecular weight excluding hydrogens is 240 g/mol. The van der Waals surface area contributed by atoms with Gasteiger partial charge in [0.1, 0.15) is 5.78 Å². The van der Waals surface area contributed by atoms with Gasteiger partial charge in [0.05, 0.1) is 6.42 Å². The quantitative estimate of drug-likeness (QED) is 0.832. The smallest absolute Gasteiger partial charge is 0.231 e. The number of nitrogens with zero attached hydrogens (tertiary/aromatic N) is 1. The number of hydrogen-bond donors (Lipinski definition) is 1. The molecule has 1 N–H and O–H groups in total. The maximum atomic E-state index is 11.7. The molecule has 4 nitrogen and oxygen atoms in total. The first kappa shape index (κ1) is 13.0. The molecule has 0 bridgehead atoms. The Balaban J connectivity index is 1.84. The van der Waals surface area contributed by atoms with Crippen molar-refractivity contribution in [2.24, 2.45) is 0 Å². The first-order valence-electron chi connectivity index (χ1n) is 6.00. The van der Waals surface area contributed by atoms with E-state index in [0.717, 1.165) is 0 Å². The monoisotopic (exact) mass is 254 g/mol. The Bertz CT molecular complexity index is 501. The Kier molecular flexibility index (Phi) is 4.39. The van der Waals surface area contributed by atoms with E-state index in [1.54, 1.807) is 30.5 Å². The number of aromatic nitrogens is 1. The van der Waals surface area contributed by atoms with Crippen molar-refractivity contribution in [3.63, 3.8) is 0 Å². The number of ketones is 1. The second kappa shape index (κ2) is 6.44. The topological polar surface area (TPSA) is 59.1 Å². The fourth-order valence-corrected chi connectivity index (χ4v) is 1.67. The zero-order valence-electron chi connectivity index (χ0n) is 10.4. The molecule has 0 aliphatic carbocycles. The Morgan fingerprint density at radius 1 is 1.00 bits per heavy atom. The molecule has 0 fully saturated rings. The van der Waals surface area contributed by atoms with E-state index in [0.29, 0.717) is 11.4 Å². The number of carbonyl (C=O) groups excluding carboxylic acids is 2. The lowest BCUT2D eigenvalue weighted by Gasteiger charge is -2.04. The lowest BCUT2D eigenvalue weighted by Crippen LogP contribution is -2.17. The van der Waals surface area contributed by atoms with Crippen LogP contribution in [0.25, 0.3) is 0 Å². The van der Waals surface area contributed by atoms with Crippen LogP contribution in [0.4, 0.5) is 5.69 Å². The number of rotatable bonds is 5. The molecule has 1 aromatic carbocycles. The van der Waals surface area contributed by atoms with Gasteiger partial charge in [0.2, 0.25) is 5.91 Å². The van der Waals surface area contributed by atoms with Crippen LogP contribution < -0.4 is 5.32 Å². The third kappa shape index (κ3) is 4.35. The fraction of sp³-hybridized carbons (Fsp3) is 0.133. The normalized spacial score (nSPS) is 9.89. The number of amides is 1. The molecule has 0 unspecified atom stereocenters. The number of nitrogens with one attached hydrogen (secondary N) is 1. The molecule has 2 rings (SSSR count). The van der Waals surface area contributed by atoms with Crippen LogP contribution in [-0.2, 0) is 16.0 Å². The second-order valence-electron chi connectivity index (χ2n) is 4.13. The van der Waals surface area contributed by atoms with Gasteiger partial charge in [-0.25, -0.2) is 0 Å². The minimum Gasteiger partial charge on any atom is -0.326 e. The summed E-state index contributed by atoms with van der Waals surface area (Å²) >= 11 is 0. The predicted molar refractivity (Wildman–Crippen MR) is 72.6 cm³/mol. The maximum Gasteiger partial charge on any atom is 0.231 e. The number of hydrogen-bond acceptors (Lipinski definition) is 3. The zero-order chi connectivity index (χ0) is 13.5. The summed E-state index contributed by atoms with van der Waals surface area (Å²) < 4.78 is 0. The average molecular weight is 254 g/mol. The number of benzene rings is 1. The molecule has 1 heterocycles. The van der Waals surface area contributed by atoms with E-state index in [1.807, 2.05) is 24.3 Å². The van der Waals surface area contributed by atoms with E-state index in [-0.39, 0.29) is 24.5 Å². The first-order valence-corrected chi connectivity index (χ1v) is 6.00. The number of carbonyl (C=O) groups is 2. The first-order chi connectivity index (χ1) is 9.24. The van der Waals surface area contributed by atoms with E-state index in [4.69, 9.17) is 0 Å². The van der Waals surface area contributed by atoms with Crippen molar-refractivity contribution in [1.29, 1.82) is 0 Å². The summed E-state index contributed by atoms with van der Waals surface area (Å²) in [5.74, 6) is -0.445. The highest BCUT2D eigenvalue weighted by Gasteiger charge is 2.10. The summed E-state index contributed by atoms with van der Waals surface area (Å²) in [6, 6.07) is 14.4. The SMILES string of the molecule is O=C(CC(=O)Nc1ccccc1)Cc1ccccn1. The molecule has 0 aliphatic heterocycles. The van der Waals surface area contributed by atoms with Crippen molar-refractivity contribution < 1.29 is 9.59 Å². The second-order valence-corrected chi connectivity index (χ2v) is 4.13. The molecule has 1 amide bonds. The van der Waals surface area contributed by atoms with Crippen LogP contribution in [0, 0.1) is 0 Å². The highest BCUT2D eigenvalue weighted by atomic mass is 16.2. The summed E-state index contributed by atoms with van der Waals surface area (Å²) in [7, 11) is 0. The van der Waals surface area contributed by atoms with Crippen LogP contribution in [0.5, 0.6) is 0 Å². The molecular formula is C15H14N2O2. The minimum atomic E-state index is -0.299. The van der Waals surface area contributed by atoms with Gasteiger partial charge in [-0.15, -0.1) is 0 Å². The van der Waals surface area contributed by atoms with Crippen LogP contribution in [0.2, 0.25) is 0 Å². The van der Waals surface area contributed by atoms with Gasteiger partial charge in [0.15, 0.2) is 0 Å². The highest BCUT2D eigenvalue weighted by molar-refractivity contribution is 6.04.